The van der Waals surface area contributed by atoms with Gasteiger partial charge in [0.2, 0.25) is 0 Å². The van der Waals surface area contributed by atoms with Gasteiger partial charge < -0.3 is 15.2 Å². The first-order valence-corrected chi connectivity index (χ1v) is 7.75. The van der Waals surface area contributed by atoms with Crippen LogP contribution in [-0.4, -0.2) is 30.3 Å². The summed E-state index contributed by atoms with van der Waals surface area (Å²) in [6.45, 7) is 0.675. The Kier molecular flexibility index (Phi) is 6.21. The predicted octanol–water partition coefficient (Wildman–Crippen LogP) is 2.19. The van der Waals surface area contributed by atoms with E-state index in [-0.39, 0.29) is 18.1 Å². The minimum atomic E-state index is -0.264. The molecule has 4 nitrogen and oxygen atoms in total. The maximum absolute atomic E-state index is 11.5. The lowest BCUT2D eigenvalue weighted by Gasteiger charge is -2.22. The van der Waals surface area contributed by atoms with E-state index in [1.165, 1.54) is 20.0 Å². The predicted molar refractivity (Wildman–Crippen MR) is 81.9 cm³/mol. The van der Waals surface area contributed by atoms with Crippen molar-refractivity contribution in [3.05, 3.63) is 35.4 Å². The van der Waals surface area contributed by atoms with Crippen molar-refractivity contribution in [3.63, 3.8) is 0 Å². The van der Waals surface area contributed by atoms with Gasteiger partial charge in [0.15, 0.2) is 0 Å². The Labute approximate surface area is 126 Å². The lowest BCUT2D eigenvalue weighted by atomic mass is 10.0. The third-order valence-corrected chi connectivity index (χ3v) is 4.22. The standard InChI is InChI=1S/C17H25NO3/c1-21-17(20)11-13-7-5-6-8-14(13)12-18-15-9-3-2-4-10-16(15)19/h5-8,15-16,18-19H,2-4,9-12H2,1H3. The second-order valence-electron chi connectivity index (χ2n) is 5.71. The monoisotopic (exact) mass is 291 g/mol. The van der Waals surface area contributed by atoms with Crippen LogP contribution >= 0.6 is 0 Å². The molecule has 1 aromatic rings. The van der Waals surface area contributed by atoms with E-state index >= 15 is 0 Å². The number of hydrogen-bond acceptors (Lipinski definition) is 4. The van der Waals surface area contributed by atoms with Crippen molar-refractivity contribution in [2.24, 2.45) is 0 Å². The van der Waals surface area contributed by atoms with Crippen LogP contribution in [0, 0.1) is 0 Å². The van der Waals surface area contributed by atoms with Crippen LogP contribution in [0.1, 0.15) is 43.2 Å². The third-order valence-electron chi connectivity index (χ3n) is 4.22. The molecule has 0 aliphatic heterocycles. The van der Waals surface area contributed by atoms with Gasteiger partial charge in [-0.2, -0.15) is 0 Å². The molecule has 1 aromatic carbocycles. The highest BCUT2D eigenvalue weighted by molar-refractivity contribution is 5.72. The van der Waals surface area contributed by atoms with Crippen molar-refractivity contribution in [3.8, 4) is 0 Å². The fraction of sp³-hybridized carbons (Fsp3) is 0.588. The molecule has 0 aromatic heterocycles. The average Bonchev–Trinajstić information content (AvgIpc) is 2.71. The second kappa shape index (κ2) is 8.15. The van der Waals surface area contributed by atoms with Crippen molar-refractivity contribution < 1.29 is 14.6 Å². The zero-order valence-corrected chi connectivity index (χ0v) is 12.7. The molecule has 4 heteroatoms. The van der Waals surface area contributed by atoms with Crippen molar-refractivity contribution in [2.75, 3.05) is 7.11 Å². The van der Waals surface area contributed by atoms with Gasteiger partial charge >= 0.3 is 5.97 Å². The zero-order chi connectivity index (χ0) is 15.1. The fourth-order valence-corrected chi connectivity index (χ4v) is 2.90. The number of nitrogens with one attached hydrogen (secondary N) is 1. The summed E-state index contributed by atoms with van der Waals surface area (Å²) in [5.41, 5.74) is 2.08. The minimum Gasteiger partial charge on any atom is -0.469 e. The number of rotatable bonds is 5. The summed E-state index contributed by atoms with van der Waals surface area (Å²) in [5.74, 6) is -0.225. The smallest absolute Gasteiger partial charge is 0.309 e. The molecule has 2 rings (SSSR count). The topological polar surface area (TPSA) is 58.6 Å². The van der Waals surface area contributed by atoms with Crippen molar-refractivity contribution >= 4 is 5.97 Å². The Balaban J connectivity index is 1.97. The van der Waals surface area contributed by atoms with Crippen LogP contribution in [0.2, 0.25) is 0 Å². The molecule has 0 heterocycles. The van der Waals surface area contributed by atoms with E-state index in [1.54, 1.807) is 0 Å². The fourth-order valence-electron chi connectivity index (χ4n) is 2.90. The summed E-state index contributed by atoms with van der Waals surface area (Å²) in [6.07, 6.45) is 5.40. The number of esters is 1. The molecular weight excluding hydrogens is 266 g/mol. The number of hydrogen-bond donors (Lipinski definition) is 2. The second-order valence-corrected chi connectivity index (χ2v) is 5.71. The zero-order valence-electron chi connectivity index (χ0n) is 12.7. The van der Waals surface area contributed by atoms with Crippen LogP contribution in [0.5, 0.6) is 0 Å². The molecule has 1 aliphatic rings. The first-order valence-electron chi connectivity index (χ1n) is 7.75. The van der Waals surface area contributed by atoms with Crippen LogP contribution in [-0.2, 0) is 22.5 Å². The maximum Gasteiger partial charge on any atom is 0.309 e. The van der Waals surface area contributed by atoms with Gasteiger partial charge in [0.25, 0.3) is 0 Å². The van der Waals surface area contributed by atoms with Crippen molar-refractivity contribution in [1.29, 1.82) is 0 Å². The van der Waals surface area contributed by atoms with E-state index in [9.17, 15) is 9.90 Å². The summed E-state index contributed by atoms with van der Waals surface area (Å²) in [4.78, 5) is 11.5. The molecule has 1 fully saturated rings. The first kappa shape index (κ1) is 16.0. The lowest BCUT2D eigenvalue weighted by molar-refractivity contribution is -0.139. The molecule has 116 valence electrons. The summed E-state index contributed by atoms with van der Waals surface area (Å²) in [6, 6.07) is 8.04. The van der Waals surface area contributed by atoms with Gasteiger partial charge in [-0.05, 0) is 24.0 Å². The van der Waals surface area contributed by atoms with Gasteiger partial charge in [-0.3, -0.25) is 4.79 Å². The molecule has 0 saturated heterocycles. The van der Waals surface area contributed by atoms with Crippen LogP contribution in [0.4, 0.5) is 0 Å². The normalized spacial score (nSPS) is 22.6. The lowest BCUT2D eigenvalue weighted by Crippen LogP contribution is -2.38. The number of aliphatic hydroxyl groups is 1. The molecule has 2 atom stereocenters. The third kappa shape index (κ3) is 4.83. The highest BCUT2D eigenvalue weighted by atomic mass is 16.5. The van der Waals surface area contributed by atoms with Gasteiger partial charge in [0.1, 0.15) is 0 Å². The van der Waals surface area contributed by atoms with Crippen LogP contribution in [0.25, 0.3) is 0 Å². The van der Waals surface area contributed by atoms with Crippen molar-refractivity contribution in [1.82, 2.24) is 5.32 Å². The maximum atomic E-state index is 11.5. The number of aliphatic hydroxyl groups excluding tert-OH is 1. The highest BCUT2D eigenvalue weighted by Crippen LogP contribution is 2.19. The van der Waals surface area contributed by atoms with E-state index in [1.807, 2.05) is 24.3 Å². The Morgan fingerprint density at radius 3 is 2.71 bits per heavy atom. The van der Waals surface area contributed by atoms with Gasteiger partial charge in [0.05, 0.1) is 19.6 Å². The minimum absolute atomic E-state index is 0.152. The quantitative estimate of drug-likeness (QED) is 0.645. The largest absolute Gasteiger partial charge is 0.469 e. The van der Waals surface area contributed by atoms with Gasteiger partial charge in [0, 0.05) is 12.6 Å². The summed E-state index contributed by atoms with van der Waals surface area (Å²) in [7, 11) is 1.41. The Bertz CT molecular complexity index is 461. The molecule has 0 bridgehead atoms. The molecule has 1 aliphatic carbocycles. The SMILES string of the molecule is COC(=O)Cc1ccccc1CNC1CCCCCC1O. The number of methoxy groups -OCH3 is 1. The molecule has 0 spiro atoms. The van der Waals surface area contributed by atoms with E-state index in [0.717, 1.165) is 30.4 Å². The van der Waals surface area contributed by atoms with Gasteiger partial charge in [-0.15, -0.1) is 0 Å². The number of ether oxygens (including phenoxy) is 1. The molecular formula is C17H25NO3. The summed E-state index contributed by atoms with van der Waals surface area (Å²) in [5, 5.41) is 13.6. The van der Waals surface area contributed by atoms with E-state index < -0.39 is 0 Å². The highest BCUT2D eigenvalue weighted by Gasteiger charge is 2.21. The Hall–Kier alpha value is -1.39. The van der Waals surface area contributed by atoms with E-state index in [2.05, 4.69) is 5.32 Å². The number of carbonyl (C=O) groups is 1. The first-order chi connectivity index (χ1) is 10.2. The summed E-state index contributed by atoms with van der Waals surface area (Å²) >= 11 is 0. The van der Waals surface area contributed by atoms with Crippen molar-refractivity contribution in [2.45, 2.75) is 57.2 Å². The number of carbonyl (C=O) groups excluding carboxylic acids is 1. The van der Waals surface area contributed by atoms with Gasteiger partial charge in [-0.1, -0.05) is 43.5 Å². The van der Waals surface area contributed by atoms with E-state index in [0.29, 0.717) is 13.0 Å². The Morgan fingerprint density at radius 1 is 1.24 bits per heavy atom. The van der Waals surface area contributed by atoms with Gasteiger partial charge in [-0.25, -0.2) is 0 Å². The molecule has 2 N–H and O–H groups in total. The molecule has 0 radical (unpaired) electrons. The average molecular weight is 291 g/mol. The Morgan fingerprint density at radius 2 is 1.95 bits per heavy atom. The van der Waals surface area contributed by atoms with E-state index in [4.69, 9.17) is 4.74 Å². The van der Waals surface area contributed by atoms with Crippen LogP contribution in [0.3, 0.4) is 0 Å². The molecule has 0 amide bonds. The van der Waals surface area contributed by atoms with Crippen LogP contribution in [0.15, 0.2) is 24.3 Å². The molecule has 1 saturated carbocycles. The van der Waals surface area contributed by atoms with Crippen LogP contribution < -0.4 is 5.32 Å². The summed E-state index contributed by atoms with van der Waals surface area (Å²) < 4.78 is 4.74. The number of benzene rings is 1. The molecule has 2 unspecified atom stereocenters. The molecule has 21 heavy (non-hydrogen) atoms.